The van der Waals surface area contributed by atoms with E-state index in [9.17, 15) is 8.42 Å². The Morgan fingerprint density at radius 1 is 1.30 bits per heavy atom. The minimum atomic E-state index is -3.71. The predicted molar refractivity (Wildman–Crippen MR) is 76.2 cm³/mol. The van der Waals surface area contributed by atoms with Gasteiger partial charge in [-0.3, -0.25) is 0 Å². The van der Waals surface area contributed by atoms with Gasteiger partial charge in [-0.15, -0.1) is 0 Å². The summed E-state index contributed by atoms with van der Waals surface area (Å²) in [5.41, 5.74) is 5.48. The average Bonchev–Trinajstić information content (AvgIpc) is 2.41. The highest BCUT2D eigenvalue weighted by Gasteiger charge is 2.25. The third-order valence-corrected chi connectivity index (χ3v) is 4.74. The van der Waals surface area contributed by atoms with Gasteiger partial charge in [-0.2, -0.15) is 4.31 Å². The molecule has 0 bridgehead atoms. The summed E-state index contributed by atoms with van der Waals surface area (Å²) >= 11 is 5.81. The lowest BCUT2D eigenvalue weighted by Crippen LogP contribution is -2.36. The normalized spacial score (nSPS) is 12.0. The monoisotopic (exact) mass is 323 g/mol. The summed E-state index contributed by atoms with van der Waals surface area (Å²) < 4.78 is 36.1. The molecule has 9 heteroatoms. The molecule has 0 radical (unpaired) electrons. The van der Waals surface area contributed by atoms with E-state index in [-0.39, 0.29) is 42.0 Å². The molecular weight excluding hydrogens is 306 g/mol. The van der Waals surface area contributed by atoms with Crippen LogP contribution in [0.15, 0.2) is 17.2 Å². The van der Waals surface area contributed by atoms with Crippen LogP contribution >= 0.6 is 11.6 Å². The highest BCUT2D eigenvalue weighted by Crippen LogP contribution is 2.22. The molecule has 1 heterocycles. The molecule has 0 atom stereocenters. The number of nitrogens with two attached hydrogens (primary N) is 1. The van der Waals surface area contributed by atoms with Crippen LogP contribution in [0.3, 0.4) is 0 Å². The number of nitrogens with zero attached hydrogens (tertiary/aromatic N) is 2. The number of halogens is 1. The number of sulfonamides is 1. The Balaban J connectivity index is 3.03. The maximum absolute atomic E-state index is 12.5. The lowest BCUT2D eigenvalue weighted by atomic mass is 10.5. The number of hydrogen-bond donors (Lipinski definition) is 1. The molecule has 0 saturated heterocycles. The van der Waals surface area contributed by atoms with Crippen molar-refractivity contribution in [2.45, 2.75) is 4.90 Å². The molecule has 0 fully saturated rings. The standard InChI is InChI=1S/C11H18ClN3O4S/c1-18-5-3-15(4-6-19-2)20(16,17)9-7-10(12)11(13)14-8-9/h7-8H,3-6H2,1-2H3,(H2,13,14). The number of anilines is 1. The first-order valence-corrected chi connectivity index (χ1v) is 7.64. The minimum Gasteiger partial charge on any atom is -0.383 e. The Bertz CT molecular complexity index is 530. The van der Waals surface area contributed by atoms with Crippen LogP contribution in [-0.4, -0.2) is 58.2 Å². The number of ether oxygens (including phenoxy) is 2. The van der Waals surface area contributed by atoms with Crippen LogP contribution in [0.1, 0.15) is 0 Å². The Morgan fingerprint density at radius 2 is 1.85 bits per heavy atom. The van der Waals surface area contributed by atoms with Crippen LogP contribution < -0.4 is 5.73 Å². The van der Waals surface area contributed by atoms with Gasteiger partial charge in [-0.05, 0) is 6.07 Å². The summed E-state index contributed by atoms with van der Waals surface area (Å²) in [6.07, 6.45) is 1.18. The third-order valence-electron chi connectivity index (χ3n) is 2.57. The van der Waals surface area contributed by atoms with Crippen LogP contribution in [0.4, 0.5) is 5.82 Å². The number of methoxy groups -OCH3 is 2. The second kappa shape index (κ2) is 7.75. The van der Waals surface area contributed by atoms with Crippen LogP contribution in [0.25, 0.3) is 0 Å². The van der Waals surface area contributed by atoms with Crippen molar-refractivity contribution in [3.63, 3.8) is 0 Å². The van der Waals surface area contributed by atoms with E-state index in [1.807, 2.05) is 0 Å². The van der Waals surface area contributed by atoms with Gasteiger partial charge in [0.05, 0.1) is 18.2 Å². The van der Waals surface area contributed by atoms with Gasteiger partial charge in [-0.25, -0.2) is 13.4 Å². The van der Waals surface area contributed by atoms with Gasteiger partial charge in [0.2, 0.25) is 10.0 Å². The van der Waals surface area contributed by atoms with Crippen molar-refractivity contribution in [3.05, 3.63) is 17.3 Å². The van der Waals surface area contributed by atoms with Gasteiger partial charge < -0.3 is 15.2 Å². The van der Waals surface area contributed by atoms with Crippen LogP contribution in [0, 0.1) is 0 Å². The summed E-state index contributed by atoms with van der Waals surface area (Å²) in [4.78, 5) is 3.76. The second-order valence-electron chi connectivity index (χ2n) is 3.93. The maximum Gasteiger partial charge on any atom is 0.244 e. The number of pyridine rings is 1. The molecule has 0 amide bonds. The first kappa shape index (κ1) is 17.1. The molecule has 20 heavy (non-hydrogen) atoms. The van der Waals surface area contributed by atoms with E-state index in [0.717, 1.165) is 0 Å². The Morgan fingerprint density at radius 3 is 2.30 bits per heavy atom. The molecule has 0 aliphatic rings. The molecule has 0 unspecified atom stereocenters. The molecule has 2 N–H and O–H groups in total. The lowest BCUT2D eigenvalue weighted by Gasteiger charge is -2.21. The Hall–Kier alpha value is -0.930. The summed E-state index contributed by atoms with van der Waals surface area (Å²) in [5, 5.41) is 0.101. The Kier molecular flexibility index (Phi) is 6.63. The molecule has 1 rings (SSSR count). The maximum atomic E-state index is 12.5. The van der Waals surface area contributed by atoms with E-state index in [0.29, 0.717) is 0 Å². The second-order valence-corrected chi connectivity index (χ2v) is 6.27. The fourth-order valence-electron chi connectivity index (χ4n) is 1.46. The third kappa shape index (κ3) is 4.29. The fraction of sp³-hybridized carbons (Fsp3) is 0.545. The SMILES string of the molecule is COCCN(CCOC)S(=O)(=O)c1cnc(N)c(Cl)c1. The van der Waals surface area contributed by atoms with Gasteiger partial charge in [0.15, 0.2) is 0 Å². The number of rotatable bonds is 8. The van der Waals surface area contributed by atoms with E-state index in [2.05, 4.69) is 4.98 Å². The zero-order valence-corrected chi connectivity index (χ0v) is 12.9. The largest absolute Gasteiger partial charge is 0.383 e. The molecule has 0 aromatic carbocycles. The van der Waals surface area contributed by atoms with Crippen molar-refractivity contribution >= 4 is 27.4 Å². The van der Waals surface area contributed by atoms with Crippen molar-refractivity contribution in [1.29, 1.82) is 0 Å². The molecule has 0 aliphatic carbocycles. The molecule has 0 spiro atoms. The van der Waals surface area contributed by atoms with Crippen molar-refractivity contribution < 1.29 is 17.9 Å². The summed E-state index contributed by atoms with van der Waals surface area (Å²) in [6, 6.07) is 1.28. The highest BCUT2D eigenvalue weighted by atomic mass is 35.5. The lowest BCUT2D eigenvalue weighted by molar-refractivity contribution is 0.150. The van der Waals surface area contributed by atoms with E-state index < -0.39 is 10.0 Å². The van der Waals surface area contributed by atoms with E-state index in [4.69, 9.17) is 26.8 Å². The van der Waals surface area contributed by atoms with Gasteiger partial charge in [0.1, 0.15) is 10.7 Å². The quantitative estimate of drug-likeness (QED) is 0.753. The predicted octanol–water partition coefficient (Wildman–Crippen LogP) is 0.601. The first-order chi connectivity index (χ1) is 9.43. The van der Waals surface area contributed by atoms with Gasteiger partial charge in [0.25, 0.3) is 0 Å². The molecule has 0 saturated carbocycles. The molecule has 1 aromatic heterocycles. The number of nitrogen functional groups attached to an aromatic ring is 1. The van der Waals surface area contributed by atoms with Crippen molar-refractivity contribution in [2.24, 2.45) is 0 Å². The molecule has 0 aliphatic heterocycles. The summed E-state index contributed by atoms with van der Waals surface area (Å²) in [6.45, 7) is 0.979. The number of aromatic nitrogens is 1. The first-order valence-electron chi connectivity index (χ1n) is 5.82. The van der Waals surface area contributed by atoms with E-state index >= 15 is 0 Å². The van der Waals surface area contributed by atoms with Gasteiger partial charge in [0, 0.05) is 33.5 Å². The topological polar surface area (TPSA) is 94.8 Å². The van der Waals surface area contributed by atoms with Crippen molar-refractivity contribution in [3.8, 4) is 0 Å². The molecule has 114 valence electrons. The molecule has 7 nitrogen and oxygen atoms in total. The molecular formula is C11H18ClN3O4S. The highest BCUT2D eigenvalue weighted by molar-refractivity contribution is 7.89. The smallest absolute Gasteiger partial charge is 0.244 e. The zero-order chi connectivity index (χ0) is 15.2. The average molecular weight is 324 g/mol. The van der Waals surface area contributed by atoms with Gasteiger partial charge in [-0.1, -0.05) is 11.6 Å². The zero-order valence-electron chi connectivity index (χ0n) is 11.4. The Labute approximate surface area is 123 Å². The minimum absolute atomic E-state index is 0.0103. The molecule has 1 aromatic rings. The van der Waals surface area contributed by atoms with Crippen LogP contribution in [0.2, 0.25) is 5.02 Å². The summed E-state index contributed by atoms with van der Waals surface area (Å²) in [7, 11) is -0.709. The van der Waals surface area contributed by atoms with E-state index in [1.54, 1.807) is 0 Å². The van der Waals surface area contributed by atoms with Crippen molar-refractivity contribution in [2.75, 3.05) is 46.3 Å². The number of hydrogen-bond acceptors (Lipinski definition) is 6. The summed E-state index contributed by atoms with van der Waals surface area (Å²) in [5.74, 6) is 0.0888. The van der Waals surface area contributed by atoms with Crippen molar-refractivity contribution in [1.82, 2.24) is 9.29 Å². The van der Waals surface area contributed by atoms with Crippen LogP contribution in [0.5, 0.6) is 0 Å². The van der Waals surface area contributed by atoms with Crippen LogP contribution in [-0.2, 0) is 19.5 Å². The van der Waals surface area contributed by atoms with E-state index in [1.165, 1.54) is 30.8 Å². The van der Waals surface area contributed by atoms with Gasteiger partial charge >= 0.3 is 0 Å². The fourth-order valence-corrected chi connectivity index (χ4v) is 3.07.